The maximum absolute atomic E-state index is 14.6. The summed E-state index contributed by atoms with van der Waals surface area (Å²) in [5, 5.41) is 73.7. The fourth-order valence-electron chi connectivity index (χ4n) is 7.61. The van der Waals surface area contributed by atoms with E-state index in [1.54, 1.807) is 86.7 Å². The number of amides is 6. The van der Waals surface area contributed by atoms with Crippen molar-refractivity contribution in [2.45, 2.75) is 114 Å². The topological polar surface area (TPSA) is 334 Å². The van der Waals surface area contributed by atoms with Crippen molar-refractivity contribution in [2.75, 3.05) is 76.8 Å². The van der Waals surface area contributed by atoms with Crippen LogP contribution in [0.5, 0.6) is 0 Å². The molecule has 0 spiro atoms. The highest BCUT2D eigenvalue weighted by atomic mass is 127. The number of rotatable bonds is 15. The van der Waals surface area contributed by atoms with Crippen LogP contribution in [0.25, 0.3) is 0 Å². The van der Waals surface area contributed by atoms with Crippen molar-refractivity contribution < 1.29 is 87.8 Å². The molecule has 76 heavy (non-hydrogen) atoms. The molecular formula is C46H60I6N6O18. The Labute approximate surface area is 520 Å². The van der Waals surface area contributed by atoms with Crippen molar-refractivity contribution in [1.82, 2.24) is 21.3 Å². The molecule has 3 fully saturated rings. The Morgan fingerprint density at radius 3 is 1.05 bits per heavy atom. The number of benzene rings is 2. The average molecular weight is 1750 g/mol. The van der Waals surface area contributed by atoms with Crippen LogP contribution in [0.1, 0.15) is 89.4 Å². The monoisotopic (exact) mass is 1750 g/mol. The van der Waals surface area contributed by atoms with Crippen LogP contribution in [-0.2, 0) is 38.0 Å². The maximum Gasteiger partial charge on any atom is 0.253 e. The molecule has 3 aliphatic rings. The molecule has 0 radical (unpaired) electrons. The van der Waals surface area contributed by atoms with E-state index >= 15 is 0 Å². The summed E-state index contributed by atoms with van der Waals surface area (Å²) in [5.74, 6) is -8.14. The van der Waals surface area contributed by atoms with Gasteiger partial charge in [0.1, 0.15) is 6.42 Å². The molecule has 3 aliphatic heterocycles. The van der Waals surface area contributed by atoms with Gasteiger partial charge in [0.2, 0.25) is 11.8 Å². The van der Waals surface area contributed by atoms with Gasteiger partial charge in [0, 0.05) is 21.2 Å². The number of ether oxygens (including phenoxy) is 6. The number of hydrogen-bond donors (Lipinski definition) is 10. The first kappa shape index (κ1) is 66.0. The summed E-state index contributed by atoms with van der Waals surface area (Å²) in [7, 11) is 2.66. The zero-order valence-electron chi connectivity index (χ0n) is 42.2. The molecule has 0 bridgehead atoms. The van der Waals surface area contributed by atoms with Crippen molar-refractivity contribution in [3.05, 3.63) is 43.7 Å². The Balaban J connectivity index is 1.57. The quantitative estimate of drug-likeness (QED) is 0.0892. The van der Waals surface area contributed by atoms with Gasteiger partial charge in [0.15, 0.2) is 17.4 Å². The highest BCUT2D eigenvalue weighted by Crippen LogP contribution is 2.40. The number of aliphatic hydroxyl groups excluding tert-OH is 6. The third-order valence-corrected chi connectivity index (χ3v) is 18.7. The lowest BCUT2D eigenvalue weighted by molar-refractivity contribution is -0.204. The largest absolute Gasteiger partial charge is 0.394 e. The first-order chi connectivity index (χ1) is 35.3. The number of hydrogen-bond acceptors (Lipinski definition) is 18. The molecule has 0 aliphatic carbocycles. The summed E-state index contributed by atoms with van der Waals surface area (Å²) >= 11 is 11.0. The number of nitrogens with zero attached hydrogens (tertiary/aromatic N) is 2. The van der Waals surface area contributed by atoms with Crippen molar-refractivity contribution in [3.8, 4) is 0 Å². The van der Waals surface area contributed by atoms with Crippen LogP contribution < -0.4 is 31.1 Å². The Kier molecular flexibility index (Phi) is 23.9. The van der Waals surface area contributed by atoms with Gasteiger partial charge in [0.05, 0.1) is 149 Å². The van der Waals surface area contributed by atoms with Crippen LogP contribution in [0.2, 0.25) is 0 Å². The second-order valence-electron chi connectivity index (χ2n) is 19.2. The van der Waals surface area contributed by atoms with E-state index in [4.69, 9.17) is 28.4 Å². The van der Waals surface area contributed by atoms with Gasteiger partial charge < -0.3 is 90.1 Å². The van der Waals surface area contributed by atoms with Crippen LogP contribution in [-0.4, -0.2) is 199 Å². The molecule has 3 saturated heterocycles. The normalized spacial score (nSPS) is 24.1. The van der Waals surface area contributed by atoms with E-state index in [9.17, 15) is 59.4 Å². The fourth-order valence-corrected chi connectivity index (χ4v) is 17.3. The van der Waals surface area contributed by atoms with Crippen molar-refractivity contribution >= 4 is 182 Å². The van der Waals surface area contributed by atoms with Gasteiger partial charge in [-0.25, -0.2) is 0 Å². The van der Waals surface area contributed by atoms with Crippen LogP contribution in [0.4, 0.5) is 11.4 Å². The van der Waals surface area contributed by atoms with Gasteiger partial charge in [-0.05, 0) is 177 Å². The number of aliphatic hydroxyl groups is 6. The van der Waals surface area contributed by atoms with E-state index in [1.165, 1.54) is 14.1 Å². The lowest BCUT2D eigenvalue weighted by Crippen LogP contribution is -2.48. The summed E-state index contributed by atoms with van der Waals surface area (Å²) in [6, 6.07) is -4.33. The van der Waals surface area contributed by atoms with E-state index in [1.807, 2.05) is 90.4 Å². The molecule has 8 atom stereocenters. The second-order valence-corrected chi connectivity index (χ2v) is 25.7. The third kappa shape index (κ3) is 15.8. The van der Waals surface area contributed by atoms with E-state index in [0.29, 0.717) is 0 Å². The molecule has 0 aromatic heterocycles. The summed E-state index contributed by atoms with van der Waals surface area (Å²) < 4.78 is 35.1. The van der Waals surface area contributed by atoms with E-state index in [2.05, 4.69) is 21.3 Å². The average Bonchev–Trinajstić information content (AvgIpc) is 3.62. The second kappa shape index (κ2) is 27.5. The first-order valence-corrected chi connectivity index (χ1v) is 29.7. The highest BCUT2D eigenvalue weighted by Gasteiger charge is 2.40. The molecule has 6 amide bonds. The Bertz CT molecular complexity index is 2490. The minimum atomic E-state index is -1.58. The number of carbonyl (C=O) groups excluding carboxylic acids is 6. The molecule has 5 rings (SSSR count). The van der Waals surface area contributed by atoms with Crippen LogP contribution >= 0.6 is 136 Å². The van der Waals surface area contributed by atoms with Crippen molar-refractivity contribution in [2.24, 2.45) is 0 Å². The summed E-state index contributed by atoms with van der Waals surface area (Å²) in [5.41, 5.74) is -0.401. The van der Waals surface area contributed by atoms with Gasteiger partial charge in [-0.2, -0.15) is 0 Å². The molecular weight excluding hydrogens is 1690 g/mol. The van der Waals surface area contributed by atoms with E-state index in [0.717, 1.165) is 9.80 Å². The molecule has 2 aromatic carbocycles. The first-order valence-electron chi connectivity index (χ1n) is 23.2. The van der Waals surface area contributed by atoms with Gasteiger partial charge in [0.25, 0.3) is 23.6 Å². The summed E-state index contributed by atoms with van der Waals surface area (Å²) in [4.78, 5) is 88.9. The van der Waals surface area contributed by atoms with Crippen molar-refractivity contribution in [3.63, 3.8) is 0 Å². The molecule has 2 aromatic rings. The summed E-state index contributed by atoms with van der Waals surface area (Å²) in [6.07, 6.45) is -6.09. The number of halogens is 6. The van der Waals surface area contributed by atoms with Gasteiger partial charge in [-0.15, -0.1) is 0 Å². The van der Waals surface area contributed by atoms with Gasteiger partial charge >= 0.3 is 0 Å². The number of anilines is 2. The Morgan fingerprint density at radius 2 is 0.776 bits per heavy atom. The van der Waals surface area contributed by atoms with Gasteiger partial charge in [-0.3, -0.25) is 28.8 Å². The van der Waals surface area contributed by atoms with Crippen LogP contribution in [0.3, 0.4) is 0 Å². The Hall–Kier alpha value is -0.840. The van der Waals surface area contributed by atoms with E-state index < -0.39 is 121 Å². The molecule has 0 saturated carbocycles. The minimum Gasteiger partial charge on any atom is -0.394 e. The molecule has 3 heterocycles. The number of nitrogens with one attached hydrogen (secondary N) is 4. The SMILES string of the molecule is CN(C(=O)CC(=O)N(C)c1c(I)c(C(=O)NC2COC(C)(C)OCC2O)c(I)c(C(=O)NC2COC(C)(C)OCC2O)c1I)c1c(I)c(C(=O)NC(CO)C(O)CO)c(I)c(C(=O)NC2COC(C)(C)OCC2O)c1I. The summed E-state index contributed by atoms with van der Waals surface area (Å²) in [6.45, 7) is 7.27. The lowest BCUT2D eigenvalue weighted by Gasteiger charge is -2.29. The van der Waals surface area contributed by atoms with Crippen LogP contribution in [0.15, 0.2) is 0 Å². The predicted octanol–water partition coefficient (Wildman–Crippen LogP) is 1.50. The molecule has 8 unspecified atom stereocenters. The highest BCUT2D eigenvalue weighted by molar-refractivity contribution is 14.1. The predicted molar refractivity (Wildman–Crippen MR) is 322 cm³/mol. The molecule has 424 valence electrons. The van der Waals surface area contributed by atoms with E-state index in [-0.39, 0.29) is 94.7 Å². The lowest BCUT2D eigenvalue weighted by atomic mass is 10.0. The minimum absolute atomic E-state index is 0.00368. The zero-order chi connectivity index (χ0) is 57.1. The third-order valence-electron chi connectivity index (χ3n) is 12.4. The van der Waals surface area contributed by atoms with Crippen LogP contribution in [0, 0.1) is 21.4 Å². The Morgan fingerprint density at radius 1 is 0.500 bits per heavy atom. The smallest absolute Gasteiger partial charge is 0.253 e. The fraction of sp³-hybridized carbons (Fsp3) is 0.609. The van der Waals surface area contributed by atoms with Gasteiger partial charge in [-0.1, -0.05) is 0 Å². The molecule has 30 heteroatoms. The standard InChI is InChI=1S/C46H60I6N6O18/c1-44(2)71-12-19(23(62)15-74-44)54-41(68)29-32(47)28(40(67)53-18(10-59)22(61)11-60)34(49)38(35(29)50)57(7)26(65)9-27(66)58(8)39-36(51)30(42(69)55-20-13-72-45(3,4)75-16-24(20)63)33(48)31(37(39)52)43(70)56-21-14-73-46(5,6)76-17-25(21)64/h18-25,59-64H,9-17H2,1-8H3,(H,53,67)(H,54,68)(H,55,69)(H,56,70). The maximum atomic E-state index is 14.6. The van der Waals surface area contributed by atoms with Crippen molar-refractivity contribution in [1.29, 1.82) is 0 Å². The zero-order valence-corrected chi connectivity index (χ0v) is 55.2. The molecule has 10 N–H and O–H groups in total. The molecule has 24 nitrogen and oxygen atoms in total. The number of carbonyl (C=O) groups is 6.